The molecule has 5 nitrogen and oxygen atoms in total. The number of methoxy groups -OCH3 is 1. The van der Waals surface area contributed by atoms with Crippen LogP contribution in [0.25, 0.3) is 0 Å². The predicted molar refractivity (Wildman–Crippen MR) is 70.9 cm³/mol. The van der Waals surface area contributed by atoms with Crippen LogP contribution in [-0.2, 0) is 0 Å². The topological polar surface area (TPSA) is 58.8 Å². The van der Waals surface area contributed by atoms with Crippen molar-refractivity contribution in [2.45, 2.75) is 0 Å². The van der Waals surface area contributed by atoms with Crippen molar-refractivity contribution >= 4 is 11.7 Å². The lowest BCUT2D eigenvalue weighted by atomic mass is 10.1. The van der Waals surface area contributed by atoms with Crippen molar-refractivity contribution in [3.8, 4) is 5.75 Å². The van der Waals surface area contributed by atoms with Crippen LogP contribution >= 0.6 is 0 Å². The Bertz CT molecular complexity index is 436. The highest BCUT2D eigenvalue weighted by Gasteiger charge is 2.31. The maximum absolute atomic E-state index is 12.2. The minimum atomic E-state index is -0.01000. The van der Waals surface area contributed by atoms with Crippen molar-refractivity contribution in [1.29, 1.82) is 0 Å². The Morgan fingerprint density at radius 1 is 1.39 bits per heavy atom. The molecule has 18 heavy (non-hydrogen) atoms. The zero-order valence-corrected chi connectivity index (χ0v) is 10.8. The minimum absolute atomic E-state index is 0.01000. The molecule has 1 aliphatic heterocycles. The first kappa shape index (κ1) is 12.7. The molecule has 0 saturated carbocycles. The van der Waals surface area contributed by atoms with E-state index in [0.29, 0.717) is 25.4 Å². The Balaban J connectivity index is 2.32. The van der Waals surface area contributed by atoms with E-state index < -0.39 is 0 Å². The molecule has 1 heterocycles. The van der Waals surface area contributed by atoms with E-state index in [-0.39, 0.29) is 11.9 Å². The Kier molecular flexibility index (Phi) is 3.72. The van der Waals surface area contributed by atoms with Gasteiger partial charge in [-0.25, -0.2) is 4.79 Å². The number of para-hydroxylation sites is 2. The second kappa shape index (κ2) is 5.27. The summed E-state index contributed by atoms with van der Waals surface area (Å²) in [5.74, 6) is 0.995. The summed E-state index contributed by atoms with van der Waals surface area (Å²) in [5, 5.41) is 0. The zero-order valence-electron chi connectivity index (χ0n) is 10.8. The Hall–Kier alpha value is -1.75. The minimum Gasteiger partial charge on any atom is -0.495 e. The van der Waals surface area contributed by atoms with Gasteiger partial charge in [0.1, 0.15) is 5.75 Å². The molecule has 0 spiro atoms. The SMILES string of the molecule is COc1ccccc1N1CC(CN)CN(C)C1=O. The summed E-state index contributed by atoms with van der Waals surface area (Å²) in [5.41, 5.74) is 6.53. The number of carbonyl (C=O) groups excluding carboxylic acids is 1. The Morgan fingerprint density at radius 3 is 2.78 bits per heavy atom. The Labute approximate surface area is 107 Å². The lowest BCUT2D eigenvalue weighted by Crippen LogP contribution is -2.53. The molecule has 1 aliphatic rings. The average molecular weight is 249 g/mol. The summed E-state index contributed by atoms with van der Waals surface area (Å²) in [6.45, 7) is 1.92. The first-order valence-electron chi connectivity index (χ1n) is 6.03. The van der Waals surface area contributed by atoms with Gasteiger partial charge in [0.05, 0.1) is 12.8 Å². The molecule has 98 valence electrons. The van der Waals surface area contributed by atoms with E-state index in [4.69, 9.17) is 10.5 Å². The second-order valence-corrected chi connectivity index (χ2v) is 4.55. The van der Waals surface area contributed by atoms with Crippen LogP contribution in [0.1, 0.15) is 0 Å². The number of rotatable bonds is 3. The number of ether oxygens (including phenoxy) is 1. The number of hydrogen-bond acceptors (Lipinski definition) is 3. The highest BCUT2D eigenvalue weighted by Crippen LogP contribution is 2.30. The van der Waals surface area contributed by atoms with Crippen LogP contribution in [0.2, 0.25) is 0 Å². The normalized spacial score (nSPS) is 20.2. The predicted octanol–water partition coefficient (Wildman–Crippen LogP) is 1.14. The standard InChI is InChI=1S/C13H19N3O2/c1-15-8-10(7-14)9-16(13(15)17)11-5-3-4-6-12(11)18-2/h3-6,10H,7-9,14H2,1-2H3. The summed E-state index contributed by atoms with van der Waals surface area (Å²) in [6, 6.07) is 7.53. The lowest BCUT2D eigenvalue weighted by Gasteiger charge is -2.38. The van der Waals surface area contributed by atoms with E-state index in [9.17, 15) is 4.79 Å². The van der Waals surface area contributed by atoms with E-state index in [1.165, 1.54) is 0 Å². The number of urea groups is 1. The number of benzene rings is 1. The van der Waals surface area contributed by atoms with Gasteiger partial charge in [-0.15, -0.1) is 0 Å². The molecule has 2 rings (SSSR count). The molecule has 1 saturated heterocycles. The third-order valence-electron chi connectivity index (χ3n) is 3.24. The molecule has 1 unspecified atom stereocenters. The van der Waals surface area contributed by atoms with Crippen LogP contribution in [-0.4, -0.2) is 44.7 Å². The van der Waals surface area contributed by atoms with Gasteiger partial charge >= 0.3 is 6.03 Å². The van der Waals surface area contributed by atoms with Gasteiger partial charge in [0, 0.05) is 26.1 Å². The molecule has 0 bridgehead atoms. The zero-order chi connectivity index (χ0) is 13.1. The van der Waals surface area contributed by atoms with Gasteiger partial charge in [-0.2, -0.15) is 0 Å². The van der Waals surface area contributed by atoms with E-state index in [0.717, 1.165) is 5.69 Å². The van der Waals surface area contributed by atoms with E-state index >= 15 is 0 Å². The highest BCUT2D eigenvalue weighted by molar-refractivity contribution is 5.94. The van der Waals surface area contributed by atoms with Gasteiger partial charge in [-0.3, -0.25) is 4.90 Å². The van der Waals surface area contributed by atoms with Gasteiger partial charge in [0.15, 0.2) is 0 Å². The van der Waals surface area contributed by atoms with Crippen LogP contribution in [0.5, 0.6) is 5.75 Å². The molecule has 2 amide bonds. The number of nitrogens with two attached hydrogens (primary N) is 1. The van der Waals surface area contributed by atoms with Gasteiger partial charge in [0.25, 0.3) is 0 Å². The first-order chi connectivity index (χ1) is 8.67. The summed E-state index contributed by atoms with van der Waals surface area (Å²) < 4.78 is 5.31. The number of amides is 2. The van der Waals surface area contributed by atoms with Crippen molar-refractivity contribution in [1.82, 2.24) is 4.90 Å². The molecule has 2 N–H and O–H groups in total. The molecular weight excluding hydrogens is 230 g/mol. The fraction of sp³-hybridized carbons (Fsp3) is 0.462. The maximum Gasteiger partial charge on any atom is 0.324 e. The number of hydrogen-bond donors (Lipinski definition) is 1. The molecule has 0 aliphatic carbocycles. The van der Waals surface area contributed by atoms with Crippen LogP contribution < -0.4 is 15.4 Å². The van der Waals surface area contributed by atoms with Gasteiger partial charge < -0.3 is 15.4 Å². The number of carbonyl (C=O) groups is 1. The van der Waals surface area contributed by atoms with Gasteiger partial charge in [-0.05, 0) is 18.7 Å². The third kappa shape index (κ3) is 2.26. The molecule has 1 aromatic rings. The number of nitrogens with zero attached hydrogens (tertiary/aromatic N) is 2. The van der Waals surface area contributed by atoms with Crippen molar-refractivity contribution in [2.75, 3.05) is 38.7 Å². The van der Waals surface area contributed by atoms with Crippen LogP contribution in [0.4, 0.5) is 10.5 Å². The summed E-state index contributed by atoms with van der Waals surface area (Å²) in [4.78, 5) is 15.6. The number of anilines is 1. The largest absolute Gasteiger partial charge is 0.495 e. The lowest BCUT2D eigenvalue weighted by molar-refractivity contribution is 0.193. The average Bonchev–Trinajstić information content (AvgIpc) is 2.41. The van der Waals surface area contributed by atoms with E-state index in [2.05, 4.69) is 0 Å². The summed E-state index contributed by atoms with van der Waals surface area (Å²) in [6.07, 6.45) is 0. The summed E-state index contributed by atoms with van der Waals surface area (Å²) in [7, 11) is 3.41. The molecule has 1 fully saturated rings. The molecule has 0 radical (unpaired) electrons. The van der Waals surface area contributed by atoms with E-state index in [1.54, 1.807) is 24.0 Å². The smallest absolute Gasteiger partial charge is 0.324 e. The fourth-order valence-electron chi connectivity index (χ4n) is 2.27. The van der Waals surface area contributed by atoms with Crippen LogP contribution in [0.3, 0.4) is 0 Å². The molecule has 5 heteroatoms. The van der Waals surface area contributed by atoms with Crippen molar-refractivity contribution in [3.63, 3.8) is 0 Å². The third-order valence-corrected chi connectivity index (χ3v) is 3.24. The quantitative estimate of drug-likeness (QED) is 0.874. The first-order valence-corrected chi connectivity index (χ1v) is 6.03. The molecule has 1 aromatic carbocycles. The van der Waals surface area contributed by atoms with Gasteiger partial charge in [-0.1, -0.05) is 12.1 Å². The van der Waals surface area contributed by atoms with Gasteiger partial charge in [0.2, 0.25) is 0 Å². The fourth-order valence-corrected chi connectivity index (χ4v) is 2.27. The molecule has 0 aromatic heterocycles. The summed E-state index contributed by atoms with van der Waals surface area (Å²) >= 11 is 0. The molecular formula is C13H19N3O2. The van der Waals surface area contributed by atoms with Crippen LogP contribution in [0.15, 0.2) is 24.3 Å². The van der Waals surface area contributed by atoms with E-state index in [1.807, 2.05) is 24.3 Å². The van der Waals surface area contributed by atoms with Crippen molar-refractivity contribution < 1.29 is 9.53 Å². The highest BCUT2D eigenvalue weighted by atomic mass is 16.5. The van der Waals surface area contributed by atoms with Crippen molar-refractivity contribution in [3.05, 3.63) is 24.3 Å². The van der Waals surface area contributed by atoms with Crippen LogP contribution in [0, 0.1) is 5.92 Å². The molecule has 1 atom stereocenters. The van der Waals surface area contributed by atoms with Crippen molar-refractivity contribution in [2.24, 2.45) is 11.7 Å². The maximum atomic E-state index is 12.2. The second-order valence-electron chi connectivity index (χ2n) is 4.55. The Morgan fingerprint density at radius 2 is 2.11 bits per heavy atom. The monoisotopic (exact) mass is 249 g/mol.